The van der Waals surface area contributed by atoms with Gasteiger partial charge in [-0.25, -0.2) is 4.98 Å². The summed E-state index contributed by atoms with van der Waals surface area (Å²) in [5, 5.41) is 0.991. The van der Waals surface area contributed by atoms with Gasteiger partial charge < -0.3 is 5.73 Å². The molecule has 5 heteroatoms. The SMILES string of the molecule is C[C@H](N)C(=O)CCCCCc1ncc(C=O)s1. The molecule has 0 radical (unpaired) electrons. The van der Waals surface area contributed by atoms with Gasteiger partial charge in [0, 0.05) is 12.6 Å². The van der Waals surface area contributed by atoms with E-state index in [4.69, 9.17) is 5.73 Å². The molecule has 1 aromatic heterocycles. The van der Waals surface area contributed by atoms with Gasteiger partial charge in [-0.3, -0.25) is 9.59 Å². The summed E-state index contributed by atoms with van der Waals surface area (Å²) in [7, 11) is 0. The van der Waals surface area contributed by atoms with E-state index in [2.05, 4.69) is 4.98 Å². The molecule has 0 saturated carbocycles. The van der Waals surface area contributed by atoms with E-state index in [9.17, 15) is 9.59 Å². The van der Waals surface area contributed by atoms with Crippen LogP contribution in [0.3, 0.4) is 0 Å². The van der Waals surface area contributed by atoms with E-state index < -0.39 is 0 Å². The molecule has 94 valence electrons. The third kappa shape index (κ3) is 5.19. The van der Waals surface area contributed by atoms with Gasteiger partial charge in [0.2, 0.25) is 0 Å². The van der Waals surface area contributed by atoms with Gasteiger partial charge in [0.15, 0.2) is 6.29 Å². The van der Waals surface area contributed by atoms with Crippen molar-refractivity contribution in [3.05, 3.63) is 16.1 Å². The summed E-state index contributed by atoms with van der Waals surface area (Å²) >= 11 is 1.44. The van der Waals surface area contributed by atoms with E-state index >= 15 is 0 Å². The van der Waals surface area contributed by atoms with E-state index in [1.807, 2.05) is 0 Å². The Morgan fingerprint density at radius 3 is 2.88 bits per heavy atom. The molecule has 17 heavy (non-hydrogen) atoms. The van der Waals surface area contributed by atoms with E-state index in [0.29, 0.717) is 11.3 Å². The van der Waals surface area contributed by atoms with Crippen molar-refractivity contribution >= 4 is 23.4 Å². The zero-order chi connectivity index (χ0) is 12.7. The van der Waals surface area contributed by atoms with Gasteiger partial charge in [-0.2, -0.15) is 0 Å². The Bertz CT molecular complexity index is 374. The lowest BCUT2D eigenvalue weighted by Crippen LogP contribution is -2.26. The molecular weight excluding hydrogens is 236 g/mol. The van der Waals surface area contributed by atoms with Gasteiger partial charge >= 0.3 is 0 Å². The number of rotatable bonds is 8. The smallest absolute Gasteiger partial charge is 0.161 e. The summed E-state index contributed by atoms with van der Waals surface area (Å²) in [5.74, 6) is 0.127. The first-order valence-electron chi connectivity index (χ1n) is 5.81. The second-order valence-corrected chi connectivity index (χ2v) is 5.24. The highest BCUT2D eigenvalue weighted by Crippen LogP contribution is 2.14. The van der Waals surface area contributed by atoms with Crippen LogP contribution in [0.15, 0.2) is 6.20 Å². The number of Topliss-reactive ketones (excluding diaryl/α,β-unsaturated/α-hetero) is 1. The average molecular weight is 254 g/mol. The quantitative estimate of drug-likeness (QED) is 0.568. The number of aldehydes is 1. The van der Waals surface area contributed by atoms with Crippen molar-refractivity contribution in [1.29, 1.82) is 0 Å². The van der Waals surface area contributed by atoms with Crippen LogP contribution in [0.25, 0.3) is 0 Å². The van der Waals surface area contributed by atoms with Crippen molar-refractivity contribution < 1.29 is 9.59 Å². The van der Waals surface area contributed by atoms with Crippen molar-refractivity contribution in [1.82, 2.24) is 4.98 Å². The number of ketones is 1. The second-order valence-electron chi connectivity index (χ2n) is 4.09. The maximum atomic E-state index is 11.2. The van der Waals surface area contributed by atoms with Crippen LogP contribution in [0.4, 0.5) is 0 Å². The molecule has 0 saturated heterocycles. The van der Waals surface area contributed by atoms with Crippen LogP contribution < -0.4 is 5.73 Å². The molecule has 0 spiro atoms. The minimum absolute atomic E-state index is 0.127. The largest absolute Gasteiger partial charge is 0.322 e. The number of carbonyl (C=O) groups excluding carboxylic acids is 2. The fourth-order valence-corrected chi connectivity index (χ4v) is 2.25. The van der Waals surface area contributed by atoms with Gasteiger partial charge in [-0.1, -0.05) is 6.42 Å². The van der Waals surface area contributed by atoms with Crippen LogP contribution in [0, 0.1) is 0 Å². The molecule has 0 bridgehead atoms. The van der Waals surface area contributed by atoms with Crippen molar-refractivity contribution in [2.24, 2.45) is 5.73 Å². The van der Waals surface area contributed by atoms with Crippen LogP contribution in [0.5, 0.6) is 0 Å². The lowest BCUT2D eigenvalue weighted by Gasteiger charge is -2.03. The molecule has 1 heterocycles. The van der Waals surface area contributed by atoms with Crippen LogP contribution in [0.2, 0.25) is 0 Å². The first-order chi connectivity index (χ1) is 8.13. The fourth-order valence-electron chi connectivity index (χ4n) is 1.47. The van der Waals surface area contributed by atoms with Gasteiger partial charge in [0.25, 0.3) is 0 Å². The summed E-state index contributed by atoms with van der Waals surface area (Å²) in [6.45, 7) is 1.72. The highest BCUT2D eigenvalue weighted by Gasteiger charge is 2.06. The summed E-state index contributed by atoms with van der Waals surface area (Å²) in [6, 6.07) is -0.343. The van der Waals surface area contributed by atoms with Crippen LogP contribution >= 0.6 is 11.3 Å². The molecule has 2 N–H and O–H groups in total. The standard InChI is InChI=1S/C12H18N2O2S/c1-9(13)11(16)5-3-2-4-6-12-14-7-10(8-15)17-12/h7-9H,2-6,13H2,1H3/t9-/m0/s1. The third-order valence-corrected chi connectivity index (χ3v) is 3.49. The molecule has 1 aromatic rings. The minimum atomic E-state index is -0.343. The molecule has 0 amide bonds. The van der Waals surface area contributed by atoms with Crippen LogP contribution in [0.1, 0.15) is 47.3 Å². The topological polar surface area (TPSA) is 73.1 Å². The molecule has 0 aliphatic rings. The summed E-state index contributed by atoms with van der Waals surface area (Å²) in [4.78, 5) is 26.5. The summed E-state index contributed by atoms with van der Waals surface area (Å²) < 4.78 is 0. The molecule has 1 rings (SSSR count). The maximum Gasteiger partial charge on any atom is 0.161 e. The average Bonchev–Trinajstić information content (AvgIpc) is 2.76. The molecule has 0 aliphatic carbocycles. The Morgan fingerprint density at radius 2 is 2.29 bits per heavy atom. The second kappa shape index (κ2) is 7.29. The number of aromatic nitrogens is 1. The Morgan fingerprint density at radius 1 is 1.53 bits per heavy atom. The molecule has 0 fully saturated rings. The van der Waals surface area contributed by atoms with Gasteiger partial charge in [0.05, 0.1) is 15.9 Å². The zero-order valence-corrected chi connectivity index (χ0v) is 10.8. The fraction of sp³-hybridized carbons (Fsp3) is 0.583. The van der Waals surface area contributed by atoms with Crippen molar-refractivity contribution in [2.45, 2.75) is 45.1 Å². The monoisotopic (exact) mass is 254 g/mol. The summed E-state index contributed by atoms with van der Waals surface area (Å²) in [5.41, 5.74) is 5.47. The number of hydrogen-bond acceptors (Lipinski definition) is 5. The van der Waals surface area contributed by atoms with Crippen LogP contribution in [-0.2, 0) is 11.2 Å². The number of nitrogens with two attached hydrogens (primary N) is 1. The summed E-state index contributed by atoms with van der Waals surface area (Å²) in [6.07, 6.45) is 6.74. The highest BCUT2D eigenvalue weighted by atomic mass is 32.1. The molecule has 0 unspecified atom stereocenters. The van der Waals surface area contributed by atoms with E-state index in [1.54, 1.807) is 13.1 Å². The van der Waals surface area contributed by atoms with Gasteiger partial charge in [0.1, 0.15) is 5.78 Å². The normalized spacial score (nSPS) is 12.4. The Balaban J connectivity index is 2.12. The number of hydrogen-bond donors (Lipinski definition) is 1. The zero-order valence-electron chi connectivity index (χ0n) is 10.0. The number of thiazole rings is 1. The van der Waals surface area contributed by atoms with E-state index in [0.717, 1.165) is 37.0 Å². The lowest BCUT2D eigenvalue weighted by molar-refractivity contribution is -0.120. The predicted octanol–water partition coefficient (Wildman–Crippen LogP) is 1.97. The van der Waals surface area contributed by atoms with Gasteiger partial charge in [-0.05, 0) is 26.2 Å². The number of aryl methyl sites for hydroxylation is 1. The third-order valence-electron chi connectivity index (χ3n) is 2.51. The van der Waals surface area contributed by atoms with Crippen molar-refractivity contribution in [3.63, 3.8) is 0 Å². The first kappa shape index (κ1) is 14.0. The Hall–Kier alpha value is -1.07. The number of carbonyl (C=O) groups is 2. The van der Waals surface area contributed by atoms with E-state index in [1.165, 1.54) is 11.3 Å². The number of nitrogens with zero attached hydrogens (tertiary/aromatic N) is 1. The first-order valence-corrected chi connectivity index (χ1v) is 6.63. The minimum Gasteiger partial charge on any atom is -0.322 e. The van der Waals surface area contributed by atoms with Crippen molar-refractivity contribution in [2.75, 3.05) is 0 Å². The van der Waals surface area contributed by atoms with Crippen molar-refractivity contribution in [3.8, 4) is 0 Å². The molecular formula is C12H18N2O2S. The van der Waals surface area contributed by atoms with E-state index in [-0.39, 0.29) is 11.8 Å². The molecule has 4 nitrogen and oxygen atoms in total. The lowest BCUT2D eigenvalue weighted by atomic mass is 10.1. The Kier molecular flexibility index (Phi) is 6.00. The Labute approximate surface area is 105 Å². The van der Waals surface area contributed by atoms with Crippen LogP contribution in [-0.4, -0.2) is 23.1 Å². The molecule has 1 atom stereocenters. The highest BCUT2D eigenvalue weighted by molar-refractivity contribution is 7.13. The molecule has 0 aliphatic heterocycles. The van der Waals surface area contributed by atoms with Gasteiger partial charge in [-0.15, -0.1) is 11.3 Å². The maximum absolute atomic E-state index is 11.2. The molecule has 0 aromatic carbocycles. The number of unbranched alkanes of at least 4 members (excludes halogenated alkanes) is 2. The predicted molar refractivity (Wildman–Crippen MR) is 68.3 cm³/mol.